The minimum Gasteiger partial charge on any atom is -0.353 e. The monoisotopic (exact) mass is 228 g/mol. The summed E-state index contributed by atoms with van der Waals surface area (Å²) in [5.74, 6) is 0. The topological polar surface area (TPSA) is 35.8 Å². The third-order valence-corrected chi connectivity index (χ3v) is 3.27. The summed E-state index contributed by atoms with van der Waals surface area (Å²) in [7, 11) is 0. The molecule has 80 valence electrons. The third kappa shape index (κ3) is 1.93. The molecule has 0 fully saturated rings. The van der Waals surface area contributed by atoms with Gasteiger partial charge in [-0.2, -0.15) is 5.26 Å². The first-order valence-electron chi connectivity index (χ1n) is 5.02. The number of para-hydroxylation sites is 1. The Morgan fingerprint density at radius 2 is 1.88 bits per heavy atom. The van der Waals surface area contributed by atoms with Crippen molar-refractivity contribution in [1.29, 1.82) is 5.26 Å². The van der Waals surface area contributed by atoms with E-state index < -0.39 is 0 Å². The lowest BCUT2D eigenvalue weighted by atomic mass is 10.1. The largest absolute Gasteiger partial charge is 0.353 e. The molecule has 0 aliphatic rings. The maximum atomic E-state index is 8.94. The molecule has 0 spiro atoms. The second kappa shape index (κ2) is 4.38. The van der Waals surface area contributed by atoms with Gasteiger partial charge in [0.1, 0.15) is 6.07 Å². The van der Waals surface area contributed by atoms with E-state index in [9.17, 15) is 0 Å². The van der Waals surface area contributed by atoms with Crippen LogP contribution in [0.5, 0.6) is 0 Å². The van der Waals surface area contributed by atoms with Crippen LogP contribution in [0.3, 0.4) is 0 Å². The van der Waals surface area contributed by atoms with Crippen LogP contribution in [0, 0.1) is 25.2 Å². The summed E-state index contributed by atoms with van der Waals surface area (Å²) in [6.45, 7) is 4.13. The van der Waals surface area contributed by atoms with E-state index in [1.54, 1.807) is 0 Å². The van der Waals surface area contributed by atoms with Gasteiger partial charge in [-0.1, -0.05) is 18.2 Å². The van der Waals surface area contributed by atoms with Gasteiger partial charge in [0.05, 0.1) is 11.3 Å². The fourth-order valence-electron chi connectivity index (χ4n) is 1.63. The molecule has 0 radical (unpaired) electrons. The molecule has 1 aromatic heterocycles. The van der Waals surface area contributed by atoms with Crippen LogP contribution in [0.1, 0.15) is 16.7 Å². The highest BCUT2D eigenvalue weighted by atomic mass is 32.1. The smallest absolute Gasteiger partial charge is 0.102 e. The van der Waals surface area contributed by atoms with Crippen LogP contribution in [-0.4, -0.2) is 0 Å². The Balaban J connectivity index is 2.38. The van der Waals surface area contributed by atoms with Gasteiger partial charge in [0.15, 0.2) is 0 Å². The Morgan fingerprint density at radius 3 is 2.50 bits per heavy atom. The number of hydrogen-bond acceptors (Lipinski definition) is 3. The number of anilines is 2. The molecule has 1 N–H and O–H groups in total. The lowest BCUT2D eigenvalue weighted by molar-refractivity contribution is 1.36. The summed E-state index contributed by atoms with van der Waals surface area (Å²) < 4.78 is 0. The highest BCUT2D eigenvalue weighted by Gasteiger charge is 2.06. The molecule has 0 saturated heterocycles. The van der Waals surface area contributed by atoms with Gasteiger partial charge in [0, 0.05) is 16.4 Å². The lowest BCUT2D eigenvalue weighted by Crippen LogP contribution is -1.96. The molecular formula is C13H12N2S. The summed E-state index contributed by atoms with van der Waals surface area (Å²) in [6, 6.07) is 8.35. The van der Waals surface area contributed by atoms with Crippen molar-refractivity contribution in [3.05, 3.63) is 45.6 Å². The Labute approximate surface area is 99.2 Å². The fraction of sp³-hybridized carbons (Fsp3) is 0.154. The molecular weight excluding hydrogens is 216 g/mol. The number of thiophene rings is 1. The Kier molecular flexibility index (Phi) is 2.93. The predicted octanol–water partition coefficient (Wildman–Crippen LogP) is 3.98. The molecule has 2 nitrogen and oxygen atoms in total. The SMILES string of the molecule is Cc1cccc(C)c1Nc1cscc1C#N. The van der Waals surface area contributed by atoms with Crippen LogP contribution >= 0.6 is 11.3 Å². The van der Waals surface area contributed by atoms with Gasteiger partial charge in [0.25, 0.3) is 0 Å². The van der Waals surface area contributed by atoms with Gasteiger partial charge in [-0.15, -0.1) is 11.3 Å². The van der Waals surface area contributed by atoms with E-state index >= 15 is 0 Å². The van der Waals surface area contributed by atoms with Gasteiger partial charge in [-0.05, 0) is 25.0 Å². The Hall–Kier alpha value is -1.79. The van der Waals surface area contributed by atoms with Crippen molar-refractivity contribution in [3.8, 4) is 6.07 Å². The van der Waals surface area contributed by atoms with E-state index in [1.165, 1.54) is 22.5 Å². The fourth-order valence-corrected chi connectivity index (χ4v) is 2.33. The van der Waals surface area contributed by atoms with E-state index in [2.05, 4.69) is 37.4 Å². The van der Waals surface area contributed by atoms with Crippen molar-refractivity contribution < 1.29 is 0 Å². The van der Waals surface area contributed by atoms with Crippen LogP contribution in [-0.2, 0) is 0 Å². The van der Waals surface area contributed by atoms with Crippen LogP contribution < -0.4 is 5.32 Å². The summed E-state index contributed by atoms with van der Waals surface area (Å²) >= 11 is 1.54. The molecule has 0 atom stereocenters. The van der Waals surface area contributed by atoms with E-state index in [-0.39, 0.29) is 0 Å². The average molecular weight is 228 g/mol. The van der Waals surface area contributed by atoms with Gasteiger partial charge in [-0.25, -0.2) is 0 Å². The molecule has 1 aromatic carbocycles. The first-order valence-corrected chi connectivity index (χ1v) is 5.96. The van der Waals surface area contributed by atoms with Crippen LogP contribution in [0.2, 0.25) is 0 Å². The highest BCUT2D eigenvalue weighted by Crippen LogP contribution is 2.28. The lowest BCUT2D eigenvalue weighted by Gasteiger charge is -2.11. The zero-order valence-corrected chi connectivity index (χ0v) is 10.1. The van der Waals surface area contributed by atoms with Crippen LogP contribution in [0.15, 0.2) is 29.0 Å². The number of aryl methyl sites for hydroxylation is 2. The van der Waals surface area contributed by atoms with Gasteiger partial charge >= 0.3 is 0 Å². The van der Waals surface area contributed by atoms with Crippen molar-refractivity contribution in [2.45, 2.75) is 13.8 Å². The first kappa shape index (κ1) is 10.7. The number of hydrogen-bond donors (Lipinski definition) is 1. The number of benzene rings is 1. The maximum Gasteiger partial charge on any atom is 0.102 e. The van der Waals surface area contributed by atoms with Crippen molar-refractivity contribution >= 4 is 22.7 Å². The van der Waals surface area contributed by atoms with Crippen molar-refractivity contribution in [2.75, 3.05) is 5.32 Å². The minimum absolute atomic E-state index is 0.702. The molecule has 16 heavy (non-hydrogen) atoms. The predicted molar refractivity (Wildman–Crippen MR) is 68.2 cm³/mol. The normalized spacial score (nSPS) is 9.81. The van der Waals surface area contributed by atoms with Crippen molar-refractivity contribution in [2.24, 2.45) is 0 Å². The average Bonchev–Trinajstić information content (AvgIpc) is 2.71. The number of nitriles is 1. The molecule has 0 aliphatic heterocycles. The number of nitrogens with one attached hydrogen (secondary N) is 1. The zero-order chi connectivity index (χ0) is 11.5. The molecule has 0 aliphatic carbocycles. The summed E-state index contributed by atoms with van der Waals surface area (Å²) in [5, 5.41) is 16.1. The number of nitrogens with zero attached hydrogens (tertiary/aromatic N) is 1. The van der Waals surface area contributed by atoms with Crippen molar-refractivity contribution in [3.63, 3.8) is 0 Å². The van der Waals surface area contributed by atoms with E-state index in [0.29, 0.717) is 5.56 Å². The van der Waals surface area contributed by atoms with E-state index in [1.807, 2.05) is 16.8 Å². The first-order chi connectivity index (χ1) is 7.72. The third-order valence-electron chi connectivity index (χ3n) is 2.52. The Bertz CT molecular complexity index is 529. The molecule has 1 heterocycles. The summed E-state index contributed by atoms with van der Waals surface area (Å²) in [4.78, 5) is 0. The van der Waals surface area contributed by atoms with E-state index in [0.717, 1.165) is 11.4 Å². The zero-order valence-electron chi connectivity index (χ0n) is 9.24. The Morgan fingerprint density at radius 1 is 1.19 bits per heavy atom. The highest BCUT2D eigenvalue weighted by molar-refractivity contribution is 7.08. The molecule has 0 unspecified atom stereocenters. The standard InChI is InChI=1S/C13H12N2S/c1-9-4-3-5-10(2)13(9)15-12-8-16-7-11(12)6-14/h3-5,7-8,15H,1-2H3. The van der Waals surface area contributed by atoms with Crippen LogP contribution in [0.4, 0.5) is 11.4 Å². The molecule has 0 bridgehead atoms. The van der Waals surface area contributed by atoms with Gasteiger partial charge in [0.2, 0.25) is 0 Å². The molecule has 2 aromatic rings. The van der Waals surface area contributed by atoms with Crippen molar-refractivity contribution in [1.82, 2.24) is 0 Å². The van der Waals surface area contributed by atoms with Gasteiger partial charge < -0.3 is 5.32 Å². The molecule has 0 saturated carbocycles. The second-order valence-electron chi connectivity index (χ2n) is 3.70. The summed E-state index contributed by atoms with van der Waals surface area (Å²) in [5.41, 5.74) is 5.07. The molecule has 2 rings (SSSR count). The second-order valence-corrected chi connectivity index (χ2v) is 4.45. The molecule has 0 amide bonds. The minimum atomic E-state index is 0.702. The van der Waals surface area contributed by atoms with Crippen LogP contribution in [0.25, 0.3) is 0 Å². The van der Waals surface area contributed by atoms with Gasteiger partial charge in [-0.3, -0.25) is 0 Å². The molecule has 3 heteroatoms. The quantitative estimate of drug-likeness (QED) is 0.843. The maximum absolute atomic E-state index is 8.94. The van der Waals surface area contributed by atoms with E-state index in [4.69, 9.17) is 5.26 Å². The summed E-state index contributed by atoms with van der Waals surface area (Å²) in [6.07, 6.45) is 0. The number of rotatable bonds is 2.